The van der Waals surface area contributed by atoms with Crippen LogP contribution in [0.4, 0.5) is 0 Å². The van der Waals surface area contributed by atoms with Crippen molar-refractivity contribution in [2.75, 3.05) is 14.1 Å². The highest BCUT2D eigenvalue weighted by atomic mass is 32.2. The summed E-state index contributed by atoms with van der Waals surface area (Å²) in [5, 5.41) is 0. The van der Waals surface area contributed by atoms with Crippen LogP contribution >= 0.6 is 12.1 Å². The van der Waals surface area contributed by atoms with Crippen LogP contribution in [0.3, 0.4) is 0 Å². The second kappa shape index (κ2) is 3.98. The molecule has 2 rings (SSSR count). The van der Waals surface area contributed by atoms with Crippen molar-refractivity contribution in [3.05, 3.63) is 23.9 Å². The van der Waals surface area contributed by atoms with Crippen LogP contribution in [0.25, 0.3) is 0 Å². The largest absolute Gasteiger partial charge is 0.369 e. The fourth-order valence-electron chi connectivity index (χ4n) is 1.22. The van der Waals surface area contributed by atoms with Gasteiger partial charge in [-0.25, -0.2) is 14.1 Å². The molecule has 1 N–H and O–H groups in total. The molecule has 1 aliphatic heterocycles. The highest BCUT2D eigenvalue weighted by molar-refractivity contribution is 7.96. The van der Waals surface area contributed by atoms with Crippen molar-refractivity contribution in [1.29, 1.82) is 0 Å². The lowest BCUT2D eigenvalue weighted by Crippen LogP contribution is -2.29. The Morgan fingerprint density at radius 3 is 3.29 bits per heavy atom. The molecule has 1 heterocycles. The Balaban J connectivity index is 2.15. The molecule has 0 aromatic heterocycles. The lowest BCUT2D eigenvalue weighted by atomic mass is 10.0. The summed E-state index contributed by atoms with van der Waals surface area (Å²) in [6, 6.07) is 0.154. The van der Waals surface area contributed by atoms with Gasteiger partial charge in [0.05, 0.1) is 29.9 Å². The van der Waals surface area contributed by atoms with Gasteiger partial charge in [0.2, 0.25) is 0 Å². The van der Waals surface area contributed by atoms with Gasteiger partial charge in [-0.15, -0.1) is 0 Å². The fraction of sp³-hybridized carbons (Fsp3) is 0.333. The molecule has 0 bridgehead atoms. The molecule has 4 nitrogen and oxygen atoms in total. The summed E-state index contributed by atoms with van der Waals surface area (Å²) < 4.78 is 7.44. The zero-order valence-electron chi connectivity index (χ0n) is 8.14. The number of aliphatic imine (C=N–C) groups is 1. The minimum Gasteiger partial charge on any atom is -0.369 e. The molecule has 0 unspecified atom stereocenters. The molecule has 1 aliphatic carbocycles. The number of fused-ring (bicyclic) bond motifs is 1. The summed E-state index contributed by atoms with van der Waals surface area (Å²) in [6.45, 7) is 0. The van der Waals surface area contributed by atoms with E-state index in [1.54, 1.807) is 6.34 Å². The maximum atomic E-state index is 4.38. The average molecular weight is 208 g/mol. The van der Waals surface area contributed by atoms with E-state index >= 15 is 0 Å². The predicted octanol–water partition coefficient (Wildman–Crippen LogP) is 1.01. The summed E-state index contributed by atoms with van der Waals surface area (Å²) in [5.74, 6) is 0. The Morgan fingerprint density at radius 2 is 2.50 bits per heavy atom. The molecule has 0 aromatic rings. The molecular weight excluding hydrogens is 196 g/mol. The van der Waals surface area contributed by atoms with Crippen molar-refractivity contribution >= 4 is 24.2 Å². The number of allylic oxidation sites excluding steroid dienone is 2. The summed E-state index contributed by atoms with van der Waals surface area (Å²) in [6.07, 6.45) is 7.79. The van der Waals surface area contributed by atoms with E-state index in [-0.39, 0.29) is 6.04 Å². The highest BCUT2D eigenvalue weighted by Crippen LogP contribution is 2.22. The summed E-state index contributed by atoms with van der Waals surface area (Å²) in [7, 11) is 3.91. The van der Waals surface area contributed by atoms with Gasteiger partial charge in [0.15, 0.2) is 0 Å². The molecule has 74 valence electrons. The van der Waals surface area contributed by atoms with Gasteiger partial charge in [0.1, 0.15) is 6.04 Å². The Kier molecular flexibility index (Phi) is 2.69. The van der Waals surface area contributed by atoms with Gasteiger partial charge in [-0.1, -0.05) is 6.08 Å². The molecule has 5 heteroatoms. The minimum atomic E-state index is 0.154. The standard InChI is InChI=1S/C9H12N4S/c1-13(2)6-10-7-4-3-5-8-9(7)12-14-11-8/h3-6,9,12H,1-2H3/t9-/m1/s1. The first-order valence-electron chi connectivity index (χ1n) is 4.35. The third-order valence-electron chi connectivity index (χ3n) is 1.88. The van der Waals surface area contributed by atoms with Gasteiger partial charge in [-0.05, 0) is 12.2 Å². The summed E-state index contributed by atoms with van der Waals surface area (Å²) in [5.41, 5.74) is 2.05. The maximum Gasteiger partial charge on any atom is 0.104 e. The number of rotatable bonds is 2. The molecule has 0 amide bonds. The van der Waals surface area contributed by atoms with Crippen molar-refractivity contribution in [2.45, 2.75) is 6.04 Å². The predicted molar refractivity (Wildman–Crippen MR) is 61.4 cm³/mol. The van der Waals surface area contributed by atoms with Crippen LogP contribution in [0.1, 0.15) is 0 Å². The van der Waals surface area contributed by atoms with Crippen molar-refractivity contribution in [3.63, 3.8) is 0 Å². The zero-order chi connectivity index (χ0) is 9.97. The highest BCUT2D eigenvalue weighted by Gasteiger charge is 2.24. The molecule has 0 fully saturated rings. The first-order valence-corrected chi connectivity index (χ1v) is 5.13. The third-order valence-corrected chi connectivity index (χ3v) is 2.53. The molecule has 1 atom stereocenters. The lowest BCUT2D eigenvalue weighted by molar-refractivity contribution is 0.641. The van der Waals surface area contributed by atoms with Crippen LogP contribution in [0.15, 0.2) is 33.3 Å². The Bertz CT molecular complexity index is 341. The van der Waals surface area contributed by atoms with Crippen molar-refractivity contribution in [2.24, 2.45) is 9.39 Å². The molecule has 2 aliphatic rings. The molecule has 0 spiro atoms. The van der Waals surface area contributed by atoms with E-state index in [1.807, 2.05) is 37.2 Å². The van der Waals surface area contributed by atoms with E-state index in [1.165, 1.54) is 12.1 Å². The van der Waals surface area contributed by atoms with Crippen molar-refractivity contribution in [3.8, 4) is 0 Å². The quantitative estimate of drug-likeness (QED) is 0.418. The number of hydrogen-bond donors (Lipinski definition) is 1. The van der Waals surface area contributed by atoms with E-state index in [4.69, 9.17) is 0 Å². The molecule has 0 aromatic carbocycles. The topological polar surface area (TPSA) is 40.0 Å². The van der Waals surface area contributed by atoms with Gasteiger partial charge in [0, 0.05) is 14.1 Å². The lowest BCUT2D eigenvalue weighted by Gasteiger charge is -2.14. The first-order chi connectivity index (χ1) is 6.77. The summed E-state index contributed by atoms with van der Waals surface area (Å²) in [4.78, 5) is 6.29. The van der Waals surface area contributed by atoms with E-state index in [0.29, 0.717) is 0 Å². The fourth-order valence-corrected chi connectivity index (χ4v) is 1.90. The summed E-state index contributed by atoms with van der Waals surface area (Å²) >= 11 is 1.38. The van der Waals surface area contributed by atoms with Gasteiger partial charge >= 0.3 is 0 Å². The van der Waals surface area contributed by atoms with Gasteiger partial charge < -0.3 is 4.90 Å². The van der Waals surface area contributed by atoms with E-state index in [0.717, 1.165) is 11.4 Å². The van der Waals surface area contributed by atoms with E-state index < -0.39 is 0 Å². The third kappa shape index (κ3) is 1.88. The second-order valence-corrected chi connectivity index (χ2v) is 3.92. The second-order valence-electron chi connectivity index (χ2n) is 3.32. The zero-order valence-corrected chi connectivity index (χ0v) is 8.95. The minimum absolute atomic E-state index is 0.154. The molecular formula is C9H12N4S. The number of nitrogens with one attached hydrogen (secondary N) is 1. The van der Waals surface area contributed by atoms with E-state index in [2.05, 4.69) is 14.1 Å². The number of hydrogen-bond acceptors (Lipinski definition) is 4. The van der Waals surface area contributed by atoms with Crippen LogP contribution < -0.4 is 4.72 Å². The smallest absolute Gasteiger partial charge is 0.104 e. The van der Waals surface area contributed by atoms with Gasteiger partial charge in [0.25, 0.3) is 0 Å². The van der Waals surface area contributed by atoms with Crippen molar-refractivity contribution in [1.82, 2.24) is 9.62 Å². The van der Waals surface area contributed by atoms with Crippen LogP contribution in [-0.4, -0.2) is 37.1 Å². The molecule has 0 saturated heterocycles. The first kappa shape index (κ1) is 9.48. The van der Waals surface area contributed by atoms with Gasteiger partial charge in [-0.3, -0.25) is 0 Å². The Labute approximate surface area is 87.8 Å². The van der Waals surface area contributed by atoms with Crippen LogP contribution in [-0.2, 0) is 0 Å². The monoisotopic (exact) mass is 208 g/mol. The van der Waals surface area contributed by atoms with Gasteiger partial charge in [-0.2, -0.15) is 0 Å². The number of nitrogens with zero attached hydrogens (tertiary/aromatic N) is 3. The Hall–Kier alpha value is -1.07. The molecule has 0 radical (unpaired) electrons. The molecule has 14 heavy (non-hydrogen) atoms. The normalized spacial score (nSPS) is 24.9. The van der Waals surface area contributed by atoms with Crippen LogP contribution in [0.2, 0.25) is 0 Å². The van der Waals surface area contributed by atoms with Crippen LogP contribution in [0, 0.1) is 0 Å². The maximum absolute atomic E-state index is 4.38. The molecule has 0 saturated carbocycles. The van der Waals surface area contributed by atoms with E-state index in [9.17, 15) is 0 Å². The van der Waals surface area contributed by atoms with Crippen LogP contribution in [0.5, 0.6) is 0 Å². The van der Waals surface area contributed by atoms with Crippen molar-refractivity contribution < 1.29 is 0 Å². The Morgan fingerprint density at radius 1 is 1.64 bits per heavy atom. The average Bonchev–Trinajstić information content (AvgIpc) is 2.62. The SMILES string of the molecule is CN(C)C=NC1=CC=CC2=NSN[C@H]12.